The standard InChI is InChI=1S/C47H34N4/c1-2-17-36(18-3-1)47(43-23-10-11-28-48-43)41-22-9-8-20-38(41)40-30-35(26-27-42(40)47)45-49-44(34-25-24-31-13-4-5-15-33(31)29-34)50-46(51-45)39-21-12-16-32-14-6-7-19-37(32)39/h1-20,22-25,28-30,39H,21,26-27H2. The molecule has 4 nitrogen and oxygen atoms in total. The Bertz CT molecular complexity index is 2520. The highest BCUT2D eigenvalue weighted by Gasteiger charge is 2.49. The zero-order valence-corrected chi connectivity index (χ0v) is 28.1. The first-order valence-corrected chi connectivity index (χ1v) is 17.8. The van der Waals surface area contributed by atoms with Crippen molar-refractivity contribution in [2.75, 3.05) is 0 Å². The highest BCUT2D eigenvalue weighted by atomic mass is 15.0. The first-order valence-electron chi connectivity index (χ1n) is 17.8. The minimum Gasteiger partial charge on any atom is -0.260 e. The van der Waals surface area contributed by atoms with Gasteiger partial charge >= 0.3 is 0 Å². The van der Waals surface area contributed by atoms with Crippen LogP contribution in [-0.4, -0.2) is 19.9 Å². The van der Waals surface area contributed by atoms with Gasteiger partial charge in [0.1, 0.15) is 5.82 Å². The third-order valence-electron chi connectivity index (χ3n) is 10.9. The first kappa shape index (κ1) is 29.6. The van der Waals surface area contributed by atoms with Crippen molar-refractivity contribution in [1.82, 2.24) is 19.9 Å². The van der Waals surface area contributed by atoms with Gasteiger partial charge < -0.3 is 0 Å². The topological polar surface area (TPSA) is 51.6 Å². The molecule has 2 unspecified atom stereocenters. The third kappa shape index (κ3) is 4.74. The molecule has 51 heavy (non-hydrogen) atoms. The molecule has 242 valence electrons. The number of fused-ring (bicyclic) bond motifs is 4. The average molecular weight is 655 g/mol. The molecular weight excluding hydrogens is 621 g/mol. The van der Waals surface area contributed by atoms with E-state index in [4.69, 9.17) is 19.9 Å². The molecule has 4 heteroatoms. The molecule has 10 rings (SSSR count). The maximum absolute atomic E-state index is 5.33. The Labute approximate surface area is 297 Å². The number of pyridine rings is 1. The van der Waals surface area contributed by atoms with Crippen molar-refractivity contribution in [3.05, 3.63) is 209 Å². The monoisotopic (exact) mass is 654 g/mol. The lowest BCUT2D eigenvalue weighted by atomic mass is 9.67. The van der Waals surface area contributed by atoms with E-state index in [-0.39, 0.29) is 5.92 Å². The summed E-state index contributed by atoms with van der Waals surface area (Å²) >= 11 is 0. The molecule has 3 aliphatic carbocycles. The van der Waals surface area contributed by atoms with Crippen LogP contribution in [0.3, 0.4) is 0 Å². The highest BCUT2D eigenvalue weighted by Crippen LogP contribution is 2.57. The molecule has 0 saturated heterocycles. The lowest BCUT2D eigenvalue weighted by Gasteiger charge is -2.35. The number of rotatable bonds is 5. The van der Waals surface area contributed by atoms with E-state index < -0.39 is 5.41 Å². The summed E-state index contributed by atoms with van der Waals surface area (Å²) in [5.74, 6) is 2.34. The maximum atomic E-state index is 5.33. The van der Waals surface area contributed by atoms with Gasteiger partial charge in [-0.25, -0.2) is 15.0 Å². The number of hydrogen-bond acceptors (Lipinski definition) is 4. The van der Waals surface area contributed by atoms with Crippen LogP contribution in [0.4, 0.5) is 0 Å². The van der Waals surface area contributed by atoms with Gasteiger partial charge in [0.15, 0.2) is 11.6 Å². The smallest absolute Gasteiger partial charge is 0.163 e. The van der Waals surface area contributed by atoms with Crippen molar-refractivity contribution in [3.8, 4) is 11.4 Å². The number of allylic oxidation sites excluding steroid dienone is 5. The summed E-state index contributed by atoms with van der Waals surface area (Å²) in [5.41, 5.74) is 11.6. The summed E-state index contributed by atoms with van der Waals surface area (Å²) in [5, 5.41) is 2.37. The fraction of sp³-hybridized carbons (Fsp3) is 0.106. The zero-order valence-electron chi connectivity index (χ0n) is 28.1. The molecule has 0 bridgehead atoms. The minimum atomic E-state index is -0.477. The molecule has 2 aromatic heterocycles. The van der Waals surface area contributed by atoms with E-state index in [1.807, 2.05) is 12.3 Å². The lowest BCUT2D eigenvalue weighted by molar-refractivity contribution is 0.673. The van der Waals surface area contributed by atoms with E-state index in [2.05, 4.69) is 152 Å². The summed E-state index contributed by atoms with van der Waals surface area (Å²) in [7, 11) is 0. The molecule has 0 fully saturated rings. The molecule has 7 aromatic rings. The Kier molecular flexibility index (Phi) is 6.95. The van der Waals surface area contributed by atoms with Crippen LogP contribution in [0.15, 0.2) is 163 Å². The highest BCUT2D eigenvalue weighted by molar-refractivity contribution is 5.95. The summed E-state index contributed by atoms with van der Waals surface area (Å²) in [6, 6.07) is 49.6. The fourth-order valence-corrected chi connectivity index (χ4v) is 8.62. The van der Waals surface area contributed by atoms with Crippen LogP contribution < -0.4 is 0 Å². The lowest BCUT2D eigenvalue weighted by Crippen LogP contribution is -2.31. The quantitative estimate of drug-likeness (QED) is 0.185. The Morgan fingerprint density at radius 2 is 1.41 bits per heavy atom. The maximum Gasteiger partial charge on any atom is 0.163 e. The molecule has 2 heterocycles. The van der Waals surface area contributed by atoms with Crippen molar-refractivity contribution in [2.24, 2.45) is 0 Å². The average Bonchev–Trinajstić information content (AvgIpc) is 3.51. The van der Waals surface area contributed by atoms with Crippen molar-refractivity contribution >= 4 is 28.0 Å². The Morgan fingerprint density at radius 3 is 2.31 bits per heavy atom. The SMILES string of the molecule is C1=Cc2ccccc2C(c2nc(C3=CC4=C(CC3)C(c3ccccc3)(c3ccccn3)c3ccccc34)nc(-c3ccc4ccccc4c3)n2)C1. The van der Waals surface area contributed by atoms with Crippen LogP contribution >= 0.6 is 0 Å². The van der Waals surface area contributed by atoms with Crippen LogP contribution in [0.5, 0.6) is 0 Å². The predicted octanol–water partition coefficient (Wildman–Crippen LogP) is 10.6. The van der Waals surface area contributed by atoms with E-state index in [1.54, 1.807) is 0 Å². The van der Waals surface area contributed by atoms with Gasteiger partial charge in [0.25, 0.3) is 0 Å². The molecule has 3 aliphatic rings. The molecule has 0 N–H and O–H groups in total. The molecule has 0 aliphatic heterocycles. The van der Waals surface area contributed by atoms with Crippen molar-refractivity contribution < 1.29 is 0 Å². The Hall–Kier alpha value is -6.26. The van der Waals surface area contributed by atoms with Gasteiger partial charge in [0.2, 0.25) is 0 Å². The second-order valence-electron chi connectivity index (χ2n) is 13.7. The molecule has 0 spiro atoms. The van der Waals surface area contributed by atoms with Crippen molar-refractivity contribution in [1.29, 1.82) is 0 Å². The normalized spacial score (nSPS) is 19.0. The van der Waals surface area contributed by atoms with Crippen LogP contribution in [0, 0.1) is 0 Å². The summed E-state index contributed by atoms with van der Waals surface area (Å²) in [6.07, 6.45) is 11.3. The second-order valence-corrected chi connectivity index (χ2v) is 13.7. The number of aromatic nitrogens is 4. The molecule has 5 aromatic carbocycles. The van der Waals surface area contributed by atoms with Gasteiger partial charge in [-0.1, -0.05) is 133 Å². The van der Waals surface area contributed by atoms with Gasteiger partial charge in [-0.2, -0.15) is 0 Å². The Balaban J connectivity index is 1.18. The van der Waals surface area contributed by atoms with Gasteiger partial charge in [0, 0.05) is 17.7 Å². The first-order chi connectivity index (χ1) is 25.3. The van der Waals surface area contributed by atoms with E-state index in [9.17, 15) is 0 Å². The van der Waals surface area contributed by atoms with E-state index in [0.29, 0.717) is 5.82 Å². The second kappa shape index (κ2) is 12.0. The minimum absolute atomic E-state index is 0.0493. The summed E-state index contributed by atoms with van der Waals surface area (Å²) in [4.78, 5) is 20.9. The van der Waals surface area contributed by atoms with Gasteiger partial charge in [-0.05, 0) is 98.8 Å². The van der Waals surface area contributed by atoms with E-state index in [1.165, 1.54) is 49.7 Å². The summed E-state index contributed by atoms with van der Waals surface area (Å²) < 4.78 is 0. The molecular formula is C47H34N4. The third-order valence-corrected chi connectivity index (χ3v) is 10.9. The predicted molar refractivity (Wildman–Crippen MR) is 206 cm³/mol. The van der Waals surface area contributed by atoms with Crippen LogP contribution in [0.1, 0.15) is 70.3 Å². The zero-order chi connectivity index (χ0) is 33.8. The Morgan fingerprint density at radius 1 is 0.627 bits per heavy atom. The van der Waals surface area contributed by atoms with E-state index >= 15 is 0 Å². The van der Waals surface area contributed by atoms with Crippen molar-refractivity contribution in [2.45, 2.75) is 30.6 Å². The number of nitrogens with zero attached hydrogens (tertiary/aromatic N) is 4. The summed E-state index contributed by atoms with van der Waals surface area (Å²) in [6.45, 7) is 0. The number of hydrogen-bond donors (Lipinski definition) is 0. The van der Waals surface area contributed by atoms with Gasteiger partial charge in [-0.15, -0.1) is 0 Å². The van der Waals surface area contributed by atoms with Crippen molar-refractivity contribution in [3.63, 3.8) is 0 Å². The van der Waals surface area contributed by atoms with Gasteiger partial charge in [-0.3, -0.25) is 4.98 Å². The molecule has 0 radical (unpaired) electrons. The van der Waals surface area contributed by atoms with Crippen LogP contribution in [0.25, 0.3) is 39.4 Å². The largest absolute Gasteiger partial charge is 0.260 e. The molecule has 0 amide bonds. The molecule has 0 saturated carbocycles. The van der Waals surface area contributed by atoms with Crippen LogP contribution in [0.2, 0.25) is 0 Å². The van der Waals surface area contributed by atoms with E-state index in [0.717, 1.165) is 47.7 Å². The van der Waals surface area contributed by atoms with Gasteiger partial charge in [0.05, 0.1) is 11.1 Å². The molecule has 2 atom stereocenters. The van der Waals surface area contributed by atoms with Crippen LogP contribution in [-0.2, 0) is 5.41 Å². The fourth-order valence-electron chi connectivity index (χ4n) is 8.62. The number of benzene rings is 5.